The number of nitrogens with one attached hydrogen (secondary N) is 3. The van der Waals surface area contributed by atoms with Gasteiger partial charge < -0.3 is 19.9 Å². The van der Waals surface area contributed by atoms with Crippen LogP contribution in [0.15, 0.2) is 54.6 Å². The first kappa shape index (κ1) is 21.6. The van der Waals surface area contributed by atoms with Crippen molar-refractivity contribution in [2.24, 2.45) is 0 Å². The van der Waals surface area contributed by atoms with E-state index in [0.717, 1.165) is 48.1 Å². The molecule has 0 radical (unpaired) electrons. The summed E-state index contributed by atoms with van der Waals surface area (Å²) in [6.07, 6.45) is 0. The average molecular weight is 412 g/mol. The molecule has 2 aromatic rings. The fourth-order valence-electron chi connectivity index (χ4n) is 3.93. The lowest BCUT2D eigenvalue weighted by Gasteiger charge is -2.37. The van der Waals surface area contributed by atoms with Crippen molar-refractivity contribution in [3.8, 4) is 5.75 Å². The summed E-state index contributed by atoms with van der Waals surface area (Å²) in [7, 11) is 0. The molecule has 30 heavy (non-hydrogen) atoms. The second-order valence-corrected chi connectivity index (χ2v) is 7.24. The summed E-state index contributed by atoms with van der Waals surface area (Å²) in [5, 5.41) is 5.13. The van der Waals surface area contributed by atoms with E-state index in [2.05, 4.69) is 21.6 Å². The largest absolute Gasteiger partial charge is 0.492 e. The number of benzene rings is 2. The summed E-state index contributed by atoms with van der Waals surface area (Å²) in [5.41, 5.74) is 2.00. The molecule has 7 nitrogen and oxygen atoms in total. The number of nitrogens with zero attached hydrogens (tertiary/aromatic N) is 1. The number of urea groups is 1. The molecule has 0 aliphatic carbocycles. The fourth-order valence-corrected chi connectivity index (χ4v) is 3.93. The summed E-state index contributed by atoms with van der Waals surface area (Å²) in [6, 6.07) is 16.9. The van der Waals surface area contributed by atoms with Crippen LogP contribution in [0.1, 0.15) is 25.5 Å². The highest BCUT2D eigenvalue weighted by Crippen LogP contribution is 2.28. The van der Waals surface area contributed by atoms with E-state index in [1.54, 1.807) is 0 Å². The van der Waals surface area contributed by atoms with Crippen LogP contribution < -0.4 is 25.2 Å². The Hall–Kier alpha value is -3.06. The molecular weight excluding hydrogens is 380 g/mol. The molecule has 0 bridgehead atoms. The van der Waals surface area contributed by atoms with E-state index in [9.17, 15) is 9.59 Å². The number of imide groups is 1. The maximum absolute atomic E-state index is 13.0. The second kappa shape index (κ2) is 10.6. The molecule has 0 aromatic heterocycles. The Morgan fingerprint density at radius 1 is 1.03 bits per heavy atom. The maximum Gasteiger partial charge on any atom is 0.321 e. The zero-order valence-electron chi connectivity index (χ0n) is 17.7. The standard InChI is InChI=1S/C23H30N4O3/c1-3-24-23(29)25-22(28)21(18-10-6-5-7-11-18)27-16-14-26(15-17-27)19-12-8-9-13-20(19)30-4-2/h5-13,21H,3-4,14-17H2,1-2H3,(H2,24,25,28,29)/p+1/t21-/m1/s1. The van der Waals surface area contributed by atoms with Gasteiger partial charge in [0.2, 0.25) is 0 Å². The fraction of sp³-hybridized carbons (Fsp3) is 0.391. The van der Waals surface area contributed by atoms with Gasteiger partial charge in [-0.25, -0.2) is 4.79 Å². The Balaban J connectivity index is 1.74. The molecule has 0 saturated carbocycles. The molecule has 160 valence electrons. The number of hydrogen-bond donors (Lipinski definition) is 3. The van der Waals surface area contributed by atoms with Crippen molar-refractivity contribution < 1.29 is 19.2 Å². The van der Waals surface area contributed by atoms with Gasteiger partial charge in [-0.15, -0.1) is 0 Å². The van der Waals surface area contributed by atoms with Gasteiger partial charge in [0.1, 0.15) is 5.75 Å². The lowest BCUT2D eigenvalue weighted by atomic mass is 10.0. The van der Waals surface area contributed by atoms with Crippen LogP contribution in [0.5, 0.6) is 5.75 Å². The van der Waals surface area contributed by atoms with Gasteiger partial charge >= 0.3 is 6.03 Å². The Bertz CT molecular complexity index is 835. The highest BCUT2D eigenvalue weighted by Gasteiger charge is 2.35. The van der Waals surface area contributed by atoms with Crippen LogP contribution in [0.2, 0.25) is 0 Å². The minimum absolute atomic E-state index is 0.273. The van der Waals surface area contributed by atoms with Gasteiger partial charge in [-0.2, -0.15) is 0 Å². The summed E-state index contributed by atoms with van der Waals surface area (Å²) in [4.78, 5) is 28.4. The van der Waals surface area contributed by atoms with Crippen molar-refractivity contribution in [1.82, 2.24) is 10.6 Å². The minimum atomic E-state index is -0.452. The quantitative estimate of drug-likeness (QED) is 0.644. The predicted molar refractivity (Wildman–Crippen MR) is 117 cm³/mol. The average Bonchev–Trinajstić information content (AvgIpc) is 2.76. The van der Waals surface area contributed by atoms with E-state index in [4.69, 9.17) is 4.74 Å². The van der Waals surface area contributed by atoms with Crippen molar-refractivity contribution >= 4 is 17.6 Å². The number of ether oxygens (including phenoxy) is 1. The van der Waals surface area contributed by atoms with E-state index in [1.165, 1.54) is 0 Å². The zero-order chi connectivity index (χ0) is 21.3. The van der Waals surface area contributed by atoms with Crippen LogP contribution in [0.4, 0.5) is 10.5 Å². The van der Waals surface area contributed by atoms with Crippen LogP contribution in [-0.4, -0.2) is 51.3 Å². The topological polar surface area (TPSA) is 75.1 Å². The smallest absolute Gasteiger partial charge is 0.321 e. The first-order valence-electron chi connectivity index (χ1n) is 10.6. The van der Waals surface area contributed by atoms with Gasteiger partial charge in [-0.1, -0.05) is 42.5 Å². The second-order valence-electron chi connectivity index (χ2n) is 7.24. The molecule has 1 atom stereocenters. The highest BCUT2D eigenvalue weighted by molar-refractivity contribution is 5.96. The van der Waals surface area contributed by atoms with Crippen molar-refractivity contribution in [2.45, 2.75) is 19.9 Å². The number of amides is 3. The Morgan fingerprint density at radius 2 is 1.70 bits per heavy atom. The molecule has 1 aliphatic rings. The van der Waals surface area contributed by atoms with Crippen LogP contribution in [-0.2, 0) is 4.79 Å². The lowest BCUT2D eigenvalue weighted by Crippen LogP contribution is -3.16. The molecule has 3 rings (SSSR count). The maximum atomic E-state index is 13.0. The summed E-state index contributed by atoms with van der Waals surface area (Å²) in [5.74, 6) is 0.613. The SMILES string of the molecule is CCNC(=O)NC(=O)[C@@H](c1ccccc1)[NH+]1CCN(c2ccccc2OCC)CC1. The third-order valence-electron chi connectivity index (χ3n) is 5.29. The molecule has 2 aromatic carbocycles. The van der Waals surface area contributed by atoms with Crippen LogP contribution in [0.25, 0.3) is 0 Å². The van der Waals surface area contributed by atoms with E-state index < -0.39 is 12.1 Å². The van der Waals surface area contributed by atoms with Gasteiger partial charge in [-0.05, 0) is 26.0 Å². The first-order chi connectivity index (χ1) is 14.6. The lowest BCUT2D eigenvalue weighted by molar-refractivity contribution is -0.922. The zero-order valence-corrected chi connectivity index (χ0v) is 17.7. The highest BCUT2D eigenvalue weighted by atomic mass is 16.5. The number of piperazine rings is 1. The molecule has 7 heteroatoms. The van der Waals surface area contributed by atoms with Gasteiger partial charge in [0.15, 0.2) is 6.04 Å². The number of para-hydroxylation sites is 2. The van der Waals surface area contributed by atoms with Crippen molar-refractivity contribution in [3.63, 3.8) is 0 Å². The third kappa shape index (κ3) is 5.30. The number of carbonyl (C=O) groups is 2. The van der Waals surface area contributed by atoms with Gasteiger partial charge in [0, 0.05) is 12.1 Å². The number of hydrogen-bond acceptors (Lipinski definition) is 4. The molecule has 1 heterocycles. The number of anilines is 1. The van der Waals surface area contributed by atoms with Crippen LogP contribution in [0.3, 0.4) is 0 Å². The Kier molecular flexibility index (Phi) is 7.68. The number of quaternary nitrogens is 1. The van der Waals surface area contributed by atoms with E-state index in [1.807, 2.05) is 62.4 Å². The predicted octanol–water partition coefficient (Wildman–Crippen LogP) is 1.38. The molecule has 1 fully saturated rings. The molecule has 0 unspecified atom stereocenters. The van der Waals surface area contributed by atoms with Gasteiger partial charge in [0.05, 0.1) is 38.5 Å². The molecule has 3 N–H and O–H groups in total. The molecule has 1 aliphatic heterocycles. The molecule has 1 saturated heterocycles. The normalized spacial score (nSPS) is 15.3. The van der Waals surface area contributed by atoms with Crippen molar-refractivity contribution in [3.05, 3.63) is 60.2 Å². The Morgan fingerprint density at radius 3 is 2.37 bits per heavy atom. The minimum Gasteiger partial charge on any atom is -0.492 e. The third-order valence-corrected chi connectivity index (χ3v) is 5.29. The van der Waals surface area contributed by atoms with E-state index in [0.29, 0.717) is 13.2 Å². The summed E-state index contributed by atoms with van der Waals surface area (Å²) < 4.78 is 5.78. The Labute approximate surface area is 178 Å². The van der Waals surface area contributed by atoms with E-state index in [-0.39, 0.29) is 5.91 Å². The van der Waals surface area contributed by atoms with Crippen LogP contribution in [0, 0.1) is 0 Å². The van der Waals surface area contributed by atoms with E-state index >= 15 is 0 Å². The van der Waals surface area contributed by atoms with Gasteiger partial charge in [0.25, 0.3) is 5.91 Å². The van der Waals surface area contributed by atoms with Gasteiger partial charge in [-0.3, -0.25) is 10.1 Å². The number of carbonyl (C=O) groups excluding carboxylic acids is 2. The molecule has 0 spiro atoms. The molecule has 3 amide bonds. The summed E-state index contributed by atoms with van der Waals surface area (Å²) in [6.45, 7) is 8.07. The number of rotatable bonds is 7. The summed E-state index contributed by atoms with van der Waals surface area (Å²) >= 11 is 0. The monoisotopic (exact) mass is 411 g/mol. The first-order valence-corrected chi connectivity index (χ1v) is 10.6. The molecular formula is C23H31N4O3+. The van der Waals surface area contributed by atoms with Crippen LogP contribution >= 0.6 is 0 Å². The van der Waals surface area contributed by atoms with Crippen molar-refractivity contribution in [2.75, 3.05) is 44.2 Å². The van der Waals surface area contributed by atoms with Crippen molar-refractivity contribution in [1.29, 1.82) is 0 Å².